The Kier molecular flexibility index (Phi) is 4.27. The molecule has 19 heavy (non-hydrogen) atoms. The molecule has 0 fully saturated rings. The summed E-state index contributed by atoms with van der Waals surface area (Å²) in [6.07, 6.45) is 0.762. The zero-order chi connectivity index (χ0) is 14.0. The summed E-state index contributed by atoms with van der Waals surface area (Å²) in [4.78, 5) is 11.0. The van der Waals surface area contributed by atoms with Gasteiger partial charge in [-0.2, -0.15) is 5.10 Å². The van der Waals surface area contributed by atoms with Crippen LogP contribution in [0.15, 0.2) is 22.7 Å². The topological polar surface area (TPSA) is 44.1 Å². The normalized spacial score (nSPS) is 10.5. The highest BCUT2D eigenvalue weighted by molar-refractivity contribution is 9.10. The highest BCUT2D eigenvalue weighted by Crippen LogP contribution is 2.25. The number of carbonyl (C=O) groups is 1. The highest BCUT2D eigenvalue weighted by atomic mass is 79.9. The van der Waals surface area contributed by atoms with Crippen molar-refractivity contribution in [2.75, 3.05) is 0 Å². The molecular weight excluding hydrogens is 332 g/mol. The molecule has 0 aliphatic rings. The summed E-state index contributed by atoms with van der Waals surface area (Å²) >= 11 is 9.43. The number of hydrogen-bond donors (Lipinski definition) is 0. The molecule has 0 N–H and O–H groups in total. The van der Waals surface area contributed by atoms with Gasteiger partial charge in [-0.25, -0.2) is 0 Å². The third-order valence-corrected chi connectivity index (χ3v) is 3.71. The minimum Gasteiger partial charge on any atom is -0.488 e. The van der Waals surface area contributed by atoms with Gasteiger partial charge in [0, 0.05) is 17.1 Å². The van der Waals surface area contributed by atoms with E-state index in [9.17, 15) is 4.79 Å². The molecule has 0 saturated heterocycles. The lowest BCUT2D eigenvalue weighted by Crippen LogP contribution is -1.99. The summed E-state index contributed by atoms with van der Waals surface area (Å²) in [6.45, 7) is 2.15. The summed E-state index contributed by atoms with van der Waals surface area (Å²) in [6, 6.07) is 5.27. The van der Waals surface area contributed by atoms with E-state index in [0.29, 0.717) is 16.5 Å². The van der Waals surface area contributed by atoms with Crippen LogP contribution in [0.2, 0.25) is 5.15 Å². The van der Waals surface area contributed by atoms with Gasteiger partial charge in [-0.15, -0.1) is 0 Å². The average molecular weight is 344 g/mol. The number of ether oxygens (including phenoxy) is 1. The number of aryl methyl sites for hydroxylation is 2. The smallest absolute Gasteiger partial charge is 0.153 e. The lowest BCUT2D eigenvalue weighted by molar-refractivity contribution is 0.111. The summed E-state index contributed by atoms with van der Waals surface area (Å²) < 4.78 is 8.08. The van der Waals surface area contributed by atoms with Crippen molar-refractivity contribution < 1.29 is 9.53 Å². The summed E-state index contributed by atoms with van der Waals surface area (Å²) in [5, 5.41) is 4.75. The van der Waals surface area contributed by atoms with E-state index < -0.39 is 0 Å². The van der Waals surface area contributed by atoms with Crippen LogP contribution in [0.1, 0.15) is 21.6 Å². The van der Waals surface area contributed by atoms with E-state index in [2.05, 4.69) is 21.0 Å². The number of halogens is 2. The molecule has 0 atom stereocenters. The number of aldehydes is 1. The Labute approximate surface area is 124 Å². The highest BCUT2D eigenvalue weighted by Gasteiger charge is 2.12. The van der Waals surface area contributed by atoms with Gasteiger partial charge >= 0.3 is 0 Å². The summed E-state index contributed by atoms with van der Waals surface area (Å²) in [5.74, 6) is 0.525. The Bertz CT molecular complexity index is 625. The van der Waals surface area contributed by atoms with E-state index in [0.717, 1.165) is 22.0 Å². The average Bonchev–Trinajstić information content (AvgIpc) is 2.62. The molecule has 1 heterocycles. The van der Waals surface area contributed by atoms with Crippen molar-refractivity contribution in [2.24, 2.45) is 7.05 Å². The van der Waals surface area contributed by atoms with Gasteiger partial charge in [-0.3, -0.25) is 9.48 Å². The quantitative estimate of drug-likeness (QED) is 0.798. The Balaban J connectivity index is 2.21. The second-order valence-corrected chi connectivity index (χ2v) is 5.34. The molecule has 0 aliphatic carbocycles. The standard InChI is InChI=1S/C13H12BrClN2O2/c1-8-11(13(15)17(2)16-8)7-19-12-4-3-10(14)5-9(12)6-18/h3-6H,7H2,1-2H3. The van der Waals surface area contributed by atoms with Crippen molar-refractivity contribution in [3.8, 4) is 5.75 Å². The van der Waals surface area contributed by atoms with Crippen molar-refractivity contribution in [1.29, 1.82) is 0 Å². The molecule has 0 bridgehead atoms. The Morgan fingerprint density at radius 2 is 2.26 bits per heavy atom. The summed E-state index contributed by atoms with van der Waals surface area (Å²) in [5.41, 5.74) is 2.13. The first-order valence-corrected chi connectivity index (χ1v) is 6.75. The molecule has 0 aliphatic heterocycles. The minimum atomic E-state index is 0.279. The summed E-state index contributed by atoms with van der Waals surface area (Å²) in [7, 11) is 1.77. The maximum absolute atomic E-state index is 11.0. The molecule has 0 unspecified atom stereocenters. The van der Waals surface area contributed by atoms with Gasteiger partial charge < -0.3 is 4.74 Å². The van der Waals surface area contributed by atoms with E-state index in [-0.39, 0.29) is 6.61 Å². The lowest BCUT2D eigenvalue weighted by Gasteiger charge is -2.08. The van der Waals surface area contributed by atoms with E-state index >= 15 is 0 Å². The predicted molar refractivity (Wildman–Crippen MR) is 76.8 cm³/mol. The number of aromatic nitrogens is 2. The van der Waals surface area contributed by atoms with Crippen LogP contribution in [0.4, 0.5) is 0 Å². The molecule has 1 aromatic carbocycles. The number of carbonyl (C=O) groups excluding carboxylic acids is 1. The second kappa shape index (κ2) is 5.75. The first-order chi connectivity index (χ1) is 9.02. The van der Waals surface area contributed by atoms with E-state index in [4.69, 9.17) is 16.3 Å². The number of rotatable bonds is 4. The van der Waals surface area contributed by atoms with Crippen molar-refractivity contribution in [1.82, 2.24) is 9.78 Å². The fourth-order valence-electron chi connectivity index (χ4n) is 1.73. The van der Waals surface area contributed by atoms with Crippen LogP contribution < -0.4 is 4.74 Å². The Hall–Kier alpha value is -1.33. The first kappa shape index (κ1) is 14.1. The predicted octanol–water partition coefficient (Wildman–Crippen LogP) is 3.54. The Morgan fingerprint density at radius 3 is 2.84 bits per heavy atom. The van der Waals surface area contributed by atoms with Crippen LogP contribution in [0.25, 0.3) is 0 Å². The molecule has 0 spiro atoms. The fourth-order valence-corrected chi connectivity index (χ4v) is 2.34. The van der Waals surface area contributed by atoms with Gasteiger partial charge in [-0.1, -0.05) is 27.5 Å². The van der Waals surface area contributed by atoms with Crippen LogP contribution in [-0.2, 0) is 13.7 Å². The van der Waals surface area contributed by atoms with Crippen LogP contribution in [-0.4, -0.2) is 16.1 Å². The number of nitrogens with zero attached hydrogens (tertiary/aromatic N) is 2. The molecule has 6 heteroatoms. The molecule has 0 saturated carbocycles. The van der Waals surface area contributed by atoms with Crippen LogP contribution in [0.5, 0.6) is 5.75 Å². The molecular formula is C13H12BrClN2O2. The largest absolute Gasteiger partial charge is 0.488 e. The lowest BCUT2D eigenvalue weighted by atomic mass is 10.2. The van der Waals surface area contributed by atoms with Crippen LogP contribution in [0, 0.1) is 6.92 Å². The second-order valence-electron chi connectivity index (χ2n) is 4.07. The third kappa shape index (κ3) is 2.98. The van der Waals surface area contributed by atoms with Gasteiger partial charge in [0.2, 0.25) is 0 Å². The molecule has 2 aromatic rings. The number of benzene rings is 1. The van der Waals surface area contributed by atoms with Crippen molar-refractivity contribution >= 4 is 33.8 Å². The van der Waals surface area contributed by atoms with Gasteiger partial charge in [0.25, 0.3) is 0 Å². The molecule has 1 aromatic heterocycles. The van der Waals surface area contributed by atoms with Gasteiger partial charge in [0.15, 0.2) is 6.29 Å². The van der Waals surface area contributed by atoms with Gasteiger partial charge in [0.05, 0.1) is 11.3 Å². The van der Waals surface area contributed by atoms with E-state index in [1.807, 2.05) is 13.0 Å². The maximum atomic E-state index is 11.0. The number of hydrogen-bond acceptors (Lipinski definition) is 3. The zero-order valence-electron chi connectivity index (χ0n) is 10.5. The molecule has 4 nitrogen and oxygen atoms in total. The van der Waals surface area contributed by atoms with Crippen molar-refractivity contribution in [2.45, 2.75) is 13.5 Å². The monoisotopic (exact) mass is 342 g/mol. The SMILES string of the molecule is Cc1nn(C)c(Cl)c1COc1ccc(Br)cc1C=O. The van der Waals surface area contributed by atoms with Crippen molar-refractivity contribution in [3.63, 3.8) is 0 Å². The van der Waals surface area contributed by atoms with Gasteiger partial charge in [-0.05, 0) is 25.1 Å². The maximum Gasteiger partial charge on any atom is 0.153 e. The molecule has 0 amide bonds. The molecule has 100 valence electrons. The molecule has 2 rings (SSSR count). The Morgan fingerprint density at radius 1 is 1.53 bits per heavy atom. The molecule has 0 radical (unpaired) electrons. The van der Waals surface area contributed by atoms with E-state index in [1.54, 1.807) is 23.9 Å². The van der Waals surface area contributed by atoms with Gasteiger partial charge in [0.1, 0.15) is 17.5 Å². The first-order valence-electron chi connectivity index (χ1n) is 5.58. The van der Waals surface area contributed by atoms with Crippen molar-refractivity contribution in [3.05, 3.63) is 44.6 Å². The van der Waals surface area contributed by atoms with Crippen LogP contribution >= 0.6 is 27.5 Å². The third-order valence-electron chi connectivity index (χ3n) is 2.74. The van der Waals surface area contributed by atoms with E-state index in [1.165, 1.54) is 0 Å². The minimum absolute atomic E-state index is 0.279. The fraction of sp³-hybridized carbons (Fsp3) is 0.231. The van der Waals surface area contributed by atoms with Crippen LogP contribution in [0.3, 0.4) is 0 Å². The zero-order valence-corrected chi connectivity index (χ0v) is 12.8.